The van der Waals surface area contributed by atoms with Crippen molar-refractivity contribution >= 4 is 5.91 Å². The standard InChI is InChI=1S/C15H24N2O2/c1-16(12-4-2-3-5-12)15(19)10-17-8-11-6-7-14(18)13(11)9-17/h4,11,13-14,18H,2-3,5-10H2,1H3. The van der Waals surface area contributed by atoms with Gasteiger partial charge in [0.15, 0.2) is 0 Å². The van der Waals surface area contributed by atoms with Crippen molar-refractivity contribution in [3.05, 3.63) is 11.8 Å². The molecule has 0 aromatic heterocycles. The molecule has 1 aliphatic heterocycles. The minimum absolute atomic E-state index is 0.139. The topological polar surface area (TPSA) is 43.8 Å². The number of nitrogens with zero attached hydrogens (tertiary/aromatic N) is 2. The fourth-order valence-corrected chi connectivity index (χ4v) is 3.87. The number of aliphatic hydroxyl groups excluding tert-OH is 1. The highest BCUT2D eigenvalue weighted by atomic mass is 16.3. The smallest absolute Gasteiger partial charge is 0.240 e. The monoisotopic (exact) mass is 264 g/mol. The third-order valence-electron chi connectivity index (χ3n) is 5.08. The summed E-state index contributed by atoms with van der Waals surface area (Å²) >= 11 is 0. The van der Waals surface area contributed by atoms with Crippen LogP contribution in [0.5, 0.6) is 0 Å². The molecule has 1 amide bonds. The van der Waals surface area contributed by atoms with E-state index < -0.39 is 0 Å². The van der Waals surface area contributed by atoms with E-state index in [1.165, 1.54) is 12.1 Å². The van der Waals surface area contributed by atoms with Gasteiger partial charge in [-0.15, -0.1) is 0 Å². The molecule has 0 aromatic rings. The van der Waals surface area contributed by atoms with Crippen molar-refractivity contribution in [2.75, 3.05) is 26.7 Å². The first-order valence-corrected chi connectivity index (χ1v) is 7.51. The Kier molecular flexibility index (Phi) is 3.63. The van der Waals surface area contributed by atoms with Crippen LogP contribution in [0.25, 0.3) is 0 Å². The Morgan fingerprint density at radius 3 is 3.00 bits per heavy atom. The van der Waals surface area contributed by atoms with Crippen molar-refractivity contribution in [2.45, 2.75) is 38.2 Å². The van der Waals surface area contributed by atoms with Crippen molar-refractivity contribution in [3.63, 3.8) is 0 Å². The van der Waals surface area contributed by atoms with Crippen LogP contribution in [0, 0.1) is 11.8 Å². The molecule has 2 aliphatic carbocycles. The maximum atomic E-state index is 12.3. The minimum Gasteiger partial charge on any atom is -0.393 e. The first-order valence-electron chi connectivity index (χ1n) is 7.51. The fourth-order valence-electron chi connectivity index (χ4n) is 3.87. The van der Waals surface area contributed by atoms with Crippen molar-refractivity contribution in [1.29, 1.82) is 0 Å². The van der Waals surface area contributed by atoms with Crippen molar-refractivity contribution in [2.24, 2.45) is 11.8 Å². The number of hydrogen-bond donors (Lipinski definition) is 1. The molecule has 1 saturated heterocycles. The molecule has 1 heterocycles. The van der Waals surface area contributed by atoms with Gasteiger partial charge in [0.05, 0.1) is 12.6 Å². The molecule has 0 aromatic carbocycles. The van der Waals surface area contributed by atoms with E-state index in [0.29, 0.717) is 18.4 Å². The van der Waals surface area contributed by atoms with E-state index in [1.54, 1.807) is 0 Å². The van der Waals surface area contributed by atoms with E-state index in [2.05, 4.69) is 11.0 Å². The summed E-state index contributed by atoms with van der Waals surface area (Å²) in [6, 6.07) is 0. The molecule has 0 spiro atoms. The largest absolute Gasteiger partial charge is 0.393 e. The Hall–Kier alpha value is -0.870. The first-order chi connectivity index (χ1) is 9.15. The molecule has 3 rings (SSSR count). The van der Waals surface area contributed by atoms with Gasteiger partial charge in [0.2, 0.25) is 5.91 Å². The van der Waals surface area contributed by atoms with Crippen molar-refractivity contribution < 1.29 is 9.90 Å². The number of allylic oxidation sites excluding steroid dienone is 2. The lowest BCUT2D eigenvalue weighted by Gasteiger charge is -2.23. The number of carbonyl (C=O) groups excluding carboxylic acids is 1. The van der Waals surface area contributed by atoms with Crippen LogP contribution in [0.4, 0.5) is 0 Å². The predicted molar refractivity (Wildman–Crippen MR) is 73.4 cm³/mol. The van der Waals surface area contributed by atoms with Crippen LogP contribution in [0.3, 0.4) is 0 Å². The Labute approximate surface area is 115 Å². The Morgan fingerprint density at radius 2 is 2.32 bits per heavy atom. The fraction of sp³-hybridized carbons (Fsp3) is 0.800. The molecule has 3 aliphatic rings. The van der Waals surface area contributed by atoms with Crippen LogP contribution in [-0.2, 0) is 4.79 Å². The zero-order chi connectivity index (χ0) is 13.4. The van der Waals surface area contributed by atoms with Gasteiger partial charge in [-0.05, 0) is 38.0 Å². The van der Waals surface area contributed by atoms with E-state index >= 15 is 0 Å². The van der Waals surface area contributed by atoms with Crippen LogP contribution in [-0.4, -0.2) is 53.6 Å². The molecule has 4 nitrogen and oxygen atoms in total. The maximum Gasteiger partial charge on any atom is 0.240 e. The number of rotatable bonds is 3. The summed E-state index contributed by atoms with van der Waals surface area (Å²) in [5.74, 6) is 1.21. The summed E-state index contributed by atoms with van der Waals surface area (Å²) in [4.78, 5) is 16.3. The summed E-state index contributed by atoms with van der Waals surface area (Å²) in [5.41, 5.74) is 1.18. The summed E-state index contributed by atoms with van der Waals surface area (Å²) < 4.78 is 0. The maximum absolute atomic E-state index is 12.3. The van der Waals surface area contributed by atoms with Gasteiger partial charge < -0.3 is 10.0 Å². The molecule has 0 bridgehead atoms. The van der Waals surface area contributed by atoms with Gasteiger partial charge in [-0.1, -0.05) is 6.08 Å². The molecule has 3 unspecified atom stereocenters. The minimum atomic E-state index is -0.139. The summed E-state index contributed by atoms with van der Waals surface area (Å²) in [5, 5.41) is 9.90. The van der Waals surface area contributed by atoms with Gasteiger partial charge in [0.25, 0.3) is 0 Å². The van der Waals surface area contributed by atoms with E-state index in [-0.39, 0.29) is 12.0 Å². The van der Waals surface area contributed by atoms with Crippen LogP contribution in [0.2, 0.25) is 0 Å². The van der Waals surface area contributed by atoms with Gasteiger partial charge in [-0.3, -0.25) is 9.69 Å². The van der Waals surface area contributed by atoms with E-state index in [1.807, 2.05) is 11.9 Å². The SMILES string of the molecule is CN(C(=O)CN1CC2CCC(O)C2C1)C1=CCCC1. The van der Waals surface area contributed by atoms with E-state index in [0.717, 1.165) is 38.8 Å². The molecule has 0 radical (unpaired) electrons. The molecule has 1 saturated carbocycles. The Balaban J connectivity index is 1.53. The molecule has 3 atom stereocenters. The summed E-state index contributed by atoms with van der Waals surface area (Å²) in [6.07, 6.45) is 7.42. The van der Waals surface area contributed by atoms with E-state index in [9.17, 15) is 9.90 Å². The van der Waals surface area contributed by atoms with Gasteiger partial charge in [-0.2, -0.15) is 0 Å². The van der Waals surface area contributed by atoms with Crippen molar-refractivity contribution in [3.8, 4) is 0 Å². The van der Waals surface area contributed by atoms with Crippen LogP contribution in [0.1, 0.15) is 32.1 Å². The molecule has 2 fully saturated rings. The highest BCUT2D eigenvalue weighted by molar-refractivity contribution is 5.79. The molecule has 1 N–H and O–H groups in total. The number of hydrogen-bond acceptors (Lipinski definition) is 3. The summed E-state index contributed by atoms with van der Waals surface area (Å²) in [6.45, 7) is 2.39. The number of fused-ring (bicyclic) bond motifs is 1. The third-order valence-corrected chi connectivity index (χ3v) is 5.08. The lowest BCUT2D eigenvalue weighted by atomic mass is 10.00. The van der Waals surface area contributed by atoms with Gasteiger partial charge in [0, 0.05) is 31.8 Å². The van der Waals surface area contributed by atoms with Gasteiger partial charge in [0.1, 0.15) is 0 Å². The van der Waals surface area contributed by atoms with E-state index in [4.69, 9.17) is 0 Å². The van der Waals surface area contributed by atoms with Crippen LogP contribution >= 0.6 is 0 Å². The zero-order valence-electron chi connectivity index (χ0n) is 11.7. The average Bonchev–Trinajstić information content (AvgIpc) is 3.08. The lowest BCUT2D eigenvalue weighted by Crippen LogP contribution is -2.37. The van der Waals surface area contributed by atoms with Crippen LogP contribution < -0.4 is 0 Å². The average molecular weight is 264 g/mol. The van der Waals surface area contributed by atoms with Gasteiger partial charge in [-0.25, -0.2) is 0 Å². The molecular weight excluding hydrogens is 240 g/mol. The second-order valence-corrected chi connectivity index (χ2v) is 6.30. The van der Waals surface area contributed by atoms with Crippen molar-refractivity contribution in [1.82, 2.24) is 9.80 Å². The Morgan fingerprint density at radius 1 is 1.47 bits per heavy atom. The zero-order valence-corrected chi connectivity index (χ0v) is 11.7. The Bertz CT molecular complexity index is 394. The van der Waals surface area contributed by atoms with Crippen LogP contribution in [0.15, 0.2) is 11.8 Å². The number of carbonyl (C=O) groups is 1. The third kappa shape index (κ3) is 2.56. The molecule has 4 heteroatoms. The molecular formula is C15H24N2O2. The highest BCUT2D eigenvalue weighted by Crippen LogP contribution is 2.37. The summed E-state index contributed by atoms with van der Waals surface area (Å²) in [7, 11) is 1.89. The number of amides is 1. The highest BCUT2D eigenvalue weighted by Gasteiger charge is 2.42. The first kappa shape index (κ1) is 13.1. The normalized spacial score (nSPS) is 34.4. The quantitative estimate of drug-likeness (QED) is 0.833. The molecule has 106 valence electrons. The predicted octanol–water partition coefficient (Wildman–Crippen LogP) is 1.22. The lowest BCUT2D eigenvalue weighted by molar-refractivity contribution is -0.129. The number of aliphatic hydroxyl groups is 1. The molecule has 19 heavy (non-hydrogen) atoms. The second kappa shape index (κ2) is 5.25. The number of likely N-dealkylation sites (N-methyl/N-ethyl adjacent to an activating group) is 1. The number of likely N-dealkylation sites (tertiary alicyclic amines) is 1. The van der Waals surface area contributed by atoms with Gasteiger partial charge >= 0.3 is 0 Å². The second-order valence-electron chi connectivity index (χ2n) is 6.30.